The number of carbonyl (C=O) groups excluding carboxylic acids is 3. The van der Waals surface area contributed by atoms with Gasteiger partial charge in [0.1, 0.15) is 10.5 Å². The van der Waals surface area contributed by atoms with Crippen molar-refractivity contribution in [3.63, 3.8) is 0 Å². The molecule has 1 aliphatic rings. The minimum Gasteiger partial charge on any atom is -0.462 e. The molecule has 0 spiro atoms. The molecule has 1 N–H and O–H groups in total. The van der Waals surface area contributed by atoms with Gasteiger partial charge in [0.15, 0.2) is 18.1 Å². The van der Waals surface area contributed by atoms with Crippen LogP contribution in [0.5, 0.6) is 0 Å². The molecule has 0 saturated heterocycles. The van der Waals surface area contributed by atoms with Gasteiger partial charge in [-0.2, -0.15) is 0 Å². The predicted molar refractivity (Wildman–Crippen MR) is 144 cm³/mol. The minimum absolute atomic E-state index is 0.230. The van der Waals surface area contributed by atoms with E-state index in [-0.39, 0.29) is 18.6 Å². The molecule has 0 radical (unpaired) electrons. The molecular formula is C29H28N2O6S. The minimum atomic E-state index is -1.04. The molecule has 2 heterocycles. The van der Waals surface area contributed by atoms with Crippen LogP contribution in [-0.4, -0.2) is 35.5 Å². The van der Waals surface area contributed by atoms with E-state index in [9.17, 15) is 14.4 Å². The standard InChI is InChI=1S/C29H28N2O6S/c1-3-22(37-28(33)19-11-13-21-23(14-19)36-16-30-21)26(32)31-27-25(29(34)35-4-2)20-12-10-18(15-24(20)38-27)17-8-6-5-7-9-17/h5-9,11,13-14,16,18,22H,3-4,10,12,15H2,1-2H3,(H,31,32). The van der Waals surface area contributed by atoms with Crippen LogP contribution in [-0.2, 0) is 27.1 Å². The second kappa shape index (κ2) is 11.2. The van der Waals surface area contributed by atoms with Crippen LogP contribution in [0.1, 0.15) is 69.3 Å². The second-order valence-electron chi connectivity index (χ2n) is 9.11. The van der Waals surface area contributed by atoms with E-state index in [1.807, 2.05) is 18.2 Å². The van der Waals surface area contributed by atoms with Gasteiger partial charge in [0.05, 0.1) is 17.7 Å². The number of thiophene rings is 1. The summed E-state index contributed by atoms with van der Waals surface area (Å²) in [6.45, 7) is 3.74. The van der Waals surface area contributed by atoms with Gasteiger partial charge in [-0.05, 0) is 67.9 Å². The molecule has 8 nitrogen and oxygen atoms in total. The maximum Gasteiger partial charge on any atom is 0.341 e. The Kier molecular flexibility index (Phi) is 7.55. The highest BCUT2D eigenvalue weighted by atomic mass is 32.1. The molecule has 1 amide bonds. The highest BCUT2D eigenvalue weighted by Crippen LogP contribution is 2.43. The first-order chi connectivity index (χ1) is 18.5. The number of amides is 1. The summed E-state index contributed by atoms with van der Waals surface area (Å²) in [4.78, 5) is 44.1. The van der Waals surface area contributed by atoms with Crippen molar-refractivity contribution >= 4 is 45.3 Å². The lowest BCUT2D eigenvalue weighted by Crippen LogP contribution is -2.32. The largest absolute Gasteiger partial charge is 0.462 e. The first-order valence-corrected chi connectivity index (χ1v) is 13.5. The third-order valence-electron chi connectivity index (χ3n) is 6.73. The number of aromatic nitrogens is 1. The first-order valence-electron chi connectivity index (χ1n) is 12.7. The van der Waals surface area contributed by atoms with E-state index < -0.39 is 23.9 Å². The second-order valence-corrected chi connectivity index (χ2v) is 10.2. The fourth-order valence-corrected chi connectivity index (χ4v) is 6.12. The zero-order chi connectivity index (χ0) is 26.6. The van der Waals surface area contributed by atoms with E-state index in [1.165, 1.54) is 29.4 Å². The summed E-state index contributed by atoms with van der Waals surface area (Å²) in [5.41, 5.74) is 3.93. The Balaban J connectivity index is 1.36. The Labute approximate surface area is 224 Å². The van der Waals surface area contributed by atoms with Gasteiger partial charge in [0.2, 0.25) is 0 Å². The Morgan fingerprint density at radius 2 is 1.95 bits per heavy atom. The molecule has 2 aromatic carbocycles. The topological polar surface area (TPSA) is 108 Å². The molecule has 4 aromatic rings. The molecular weight excluding hydrogens is 504 g/mol. The fraction of sp³-hybridized carbons (Fsp3) is 0.310. The maximum absolute atomic E-state index is 13.3. The summed E-state index contributed by atoms with van der Waals surface area (Å²) >= 11 is 1.40. The molecule has 0 fully saturated rings. The van der Waals surface area contributed by atoms with E-state index in [0.29, 0.717) is 34.0 Å². The lowest BCUT2D eigenvalue weighted by atomic mass is 9.83. The Hall–Kier alpha value is -3.98. The lowest BCUT2D eigenvalue weighted by molar-refractivity contribution is -0.124. The number of hydrogen-bond acceptors (Lipinski definition) is 8. The van der Waals surface area contributed by atoms with Crippen molar-refractivity contribution in [1.82, 2.24) is 4.98 Å². The van der Waals surface area contributed by atoms with Crippen LogP contribution in [0, 0.1) is 0 Å². The number of esters is 2. The first kappa shape index (κ1) is 25.7. The van der Waals surface area contributed by atoms with Gasteiger partial charge < -0.3 is 19.2 Å². The fourth-order valence-electron chi connectivity index (χ4n) is 4.80. The van der Waals surface area contributed by atoms with E-state index in [1.54, 1.807) is 26.0 Å². The zero-order valence-corrected chi connectivity index (χ0v) is 22.0. The van der Waals surface area contributed by atoms with Gasteiger partial charge >= 0.3 is 11.9 Å². The molecule has 2 atom stereocenters. The van der Waals surface area contributed by atoms with Gasteiger partial charge in [-0.1, -0.05) is 37.3 Å². The quantitative estimate of drug-likeness (QED) is 0.281. The van der Waals surface area contributed by atoms with E-state index >= 15 is 0 Å². The molecule has 5 rings (SSSR count). The smallest absolute Gasteiger partial charge is 0.341 e. The van der Waals surface area contributed by atoms with Crippen LogP contribution < -0.4 is 5.32 Å². The Morgan fingerprint density at radius 1 is 1.13 bits per heavy atom. The number of hydrogen-bond donors (Lipinski definition) is 1. The number of fused-ring (bicyclic) bond motifs is 2. The van der Waals surface area contributed by atoms with E-state index in [4.69, 9.17) is 13.9 Å². The van der Waals surface area contributed by atoms with Gasteiger partial charge in [-0.25, -0.2) is 14.6 Å². The van der Waals surface area contributed by atoms with Gasteiger partial charge in [0.25, 0.3) is 5.91 Å². The molecule has 0 saturated carbocycles. The summed E-state index contributed by atoms with van der Waals surface area (Å²) in [7, 11) is 0. The van der Waals surface area contributed by atoms with Gasteiger partial charge in [-0.15, -0.1) is 11.3 Å². The lowest BCUT2D eigenvalue weighted by Gasteiger charge is -2.23. The number of nitrogens with one attached hydrogen (secondary N) is 1. The average molecular weight is 533 g/mol. The van der Waals surface area contributed by atoms with Crippen molar-refractivity contribution in [1.29, 1.82) is 0 Å². The van der Waals surface area contributed by atoms with Gasteiger partial charge in [-0.3, -0.25) is 4.79 Å². The molecule has 2 aromatic heterocycles. The van der Waals surface area contributed by atoms with Crippen molar-refractivity contribution in [3.05, 3.63) is 82.1 Å². The van der Waals surface area contributed by atoms with Crippen molar-refractivity contribution in [2.75, 3.05) is 11.9 Å². The predicted octanol–water partition coefficient (Wildman–Crippen LogP) is 5.91. The monoisotopic (exact) mass is 532 g/mol. The molecule has 2 unspecified atom stereocenters. The number of ether oxygens (including phenoxy) is 2. The summed E-state index contributed by atoms with van der Waals surface area (Å²) in [5, 5.41) is 3.30. The summed E-state index contributed by atoms with van der Waals surface area (Å²) in [6.07, 6.45) is 2.91. The van der Waals surface area contributed by atoms with Crippen LogP contribution in [0.25, 0.3) is 11.1 Å². The van der Waals surface area contributed by atoms with E-state index in [0.717, 1.165) is 23.3 Å². The summed E-state index contributed by atoms with van der Waals surface area (Å²) < 4.78 is 16.1. The van der Waals surface area contributed by atoms with Crippen molar-refractivity contribution < 1.29 is 28.3 Å². The summed E-state index contributed by atoms with van der Waals surface area (Å²) in [5.74, 6) is -1.26. The number of rotatable bonds is 8. The average Bonchev–Trinajstić information content (AvgIpc) is 3.55. The third-order valence-corrected chi connectivity index (χ3v) is 7.90. The van der Waals surface area contributed by atoms with Crippen molar-refractivity contribution in [3.8, 4) is 0 Å². The summed E-state index contributed by atoms with van der Waals surface area (Å²) in [6, 6.07) is 15.1. The van der Waals surface area contributed by atoms with Crippen molar-refractivity contribution in [2.24, 2.45) is 0 Å². The van der Waals surface area contributed by atoms with Crippen molar-refractivity contribution in [2.45, 2.75) is 51.6 Å². The molecule has 9 heteroatoms. The zero-order valence-electron chi connectivity index (χ0n) is 21.2. The van der Waals surface area contributed by atoms with Gasteiger partial charge in [0, 0.05) is 4.88 Å². The molecule has 1 aliphatic carbocycles. The Morgan fingerprint density at radius 3 is 2.71 bits per heavy atom. The maximum atomic E-state index is 13.3. The molecule has 0 bridgehead atoms. The number of nitrogens with zero attached hydrogens (tertiary/aromatic N) is 1. The molecule has 196 valence electrons. The normalized spacial score (nSPS) is 15.5. The van der Waals surface area contributed by atoms with Crippen LogP contribution in [0.2, 0.25) is 0 Å². The number of anilines is 1. The number of benzene rings is 2. The number of oxazole rings is 1. The van der Waals surface area contributed by atoms with Crippen LogP contribution >= 0.6 is 11.3 Å². The third kappa shape index (κ3) is 5.19. The highest BCUT2D eigenvalue weighted by Gasteiger charge is 2.32. The SMILES string of the molecule is CCOC(=O)c1c(NC(=O)C(CC)OC(=O)c2ccc3ncoc3c2)sc2c1CCC(c1ccccc1)C2. The Bertz CT molecular complexity index is 1480. The number of carbonyl (C=O) groups is 3. The molecule has 0 aliphatic heterocycles. The van der Waals surface area contributed by atoms with Crippen LogP contribution in [0.15, 0.2) is 59.3 Å². The highest BCUT2D eigenvalue weighted by molar-refractivity contribution is 7.17. The van der Waals surface area contributed by atoms with E-state index in [2.05, 4.69) is 22.4 Å². The molecule has 38 heavy (non-hydrogen) atoms. The van der Waals surface area contributed by atoms with Crippen LogP contribution in [0.3, 0.4) is 0 Å². The van der Waals surface area contributed by atoms with Crippen LogP contribution in [0.4, 0.5) is 5.00 Å².